The Morgan fingerprint density at radius 1 is 1.17 bits per heavy atom. The minimum atomic E-state index is -0.214. The van der Waals surface area contributed by atoms with E-state index in [2.05, 4.69) is 16.9 Å². The Morgan fingerprint density at radius 3 is 2.52 bits per heavy atom. The minimum absolute atomic E-state index is 0.171. The van der Waals surface area contributed by atoms with E-state index in [-0.39, 0.29) is 11.8 Å². The summed E-state index contributed by atoms with van der Waals surface area (Å²) in [6, 6.07) is 12.0. The third-order valence-electron chi connectivity index (χ3n) is 3.95. The van der Waals surface area contributed by atoms with Gasteiger partial charge in [-0.1, -0.05) is 35.3 Å². The molecule has 8 heteroatoms. The number of thiazole rings is 1. The zero-order chi connectivity index (χ0) is 21.0. The molecule has 3 aromatic rings. The molecular formula is C21H17Cl2N3O2S. The smallest absolute Gasteiger partial charge is 0.260 e. The van der Waals surface area contributed by atoms with Crippen LogP contribution in [0.2, 0.25) is 10.0 Å². The van der Waals surface area contributed by atoms with E-state index in [0.717, 1.165) is 5.56 Å². The highest BCUT2D eigenvalue weighted by Gasteiger charge is 2.20. The molecule has 0 saturated carbocycles. The third-order valence-corrected chi connectivity index (χ3v) is 5.55. The van der Waals surface area contributed by atoms with E-state index in [4.69, 9.17) is 23.2 Å². The van der Waals surface area contributed by atoms with Crippen molar-refractivity contribution in [3.8, 4) is 11.3 Å². The van der Waals surface area contributed by atoms with Crippen LogP contribution in [0, 0.1) is 0 Å². The molecular weight excluding hydrogens is 429 g/mol. The van der Waals surface area contributed by atoms with Gasteiger partial charge in [0.15, 0.2) is 5.13 Å². The van der Waals surface area contributed by atoms with Crippen LogP contribution >= 0.6 is 34.5 Å². The Labute approximate surface area is 182 Å². The van der Waals surface area contributed by atoms with E-state index >= 15 is 0 Å². The number of halogens is 2. The van der Waals surface area contributed by atoms with Crippen molar-refractivity contribution < 1.29 is 9.59 Å². The number of aromatic nitrogens is 1. The van der Waals surface area contributed by atoms with Gasteiger partial charge in [-0.2, -0.15) is 0 Å². The first-order valence-corrected chi connectivity index (χ1v) is 10.2. The Morgan fingerprint density at radius 2 is 1.90 bits per heavy atom. The summed E-state index contributed by atoms with van der Waals surface area (Å²) < 4.78 is 0. The van der Waals surface area contributed by atoms with Crippen LogP contribution in [0.1, 0.15) is 17.3 Å². The van der Waals surface area contributed by atoms with E-state index in [0.29, 0.717) is 38.7 Å². The fourth-order valence-corrected chi connectivity index (χ4v) is 3.75. The molecule has 2 amide bonds. The molecule has 1 aromatic heterocycles. The minimum Gasteiger partial charge on any atom is -0.326 e. The number of carbonyl (C=O) groups is 2. The molecule has 0 aliphatic rings. The number of rotatable bonds is 6. The van der Waals surface area contributed by atoms with Gasteiger partial charge in [-0.15, -0.1) is 17.9 Å². The van der Waals surface area contributed by atoms with Gasteiger partial charge in [-0.3, -0.25) is 14.5 Å². The third kappa shape index (κ3) is 5.03. The molecule has 0 unspecified atom stereocenters. The van der Waals surface area contributed by atoms with Crippen molar-refractivity contribution in [2.45, 2.75) is 6.92 Å². The van der Waals surface area contributed by atoms with Gasteiger partial charge in [0.1, 0.15) is 0 Å². The maximum Gasteiger partial charge on any atom is 0.260 e. The van der Waals surface area contributed by atoms with E-state index in [1.165, 1.54) is 18.3 Å². The van der Waals surface area contributed by atoms with Crippen molar-refractivity contribution in [1.29, 1.82) is 0 Å². The van der Waals surface area contributed by atoms with E-state index in [9.17, 15) is 9.59 Å². The number of nitrogens with one attached hydrogen (secondary N) is 1. The highest BCUT2D eigenvalue weighted by molar-refractivity contribution is 7.14. The lowest BCUT2D eigenvalue weighted by molar-refractivity contribution is -0.114. The summed E-state index contributed by atoms with van der Waals surface area (Å²) in [4.78, 5) is 30.3. The lowest BCUT2D eigenvalue weighted by Crippen LogP contribution is -2.31. The second kappa shape index (κ2) is 9.22. The van der Waals surface area contributed by atoms with Gasteiger partial charge < -0.3 is 5.32 Å². The van der Waals surface area contributed by atoms with Gasteiger partial charge in [-0.25, -0.2) is 4.98 Å². The Kier molecular flexibility index (Phi) is 6.69. The fraction of sp³-hybridized carbons (Fsp3) is 0.0952. The molecule has 0 radical (unpaired) electrons. The summed E-state index contributed by atoms with van der Waals surface area (Å²) in [5.41, 5.74) is 2.62. The molecule has 0 atom stereocenters. The van der Waals surface area contributed by atoms with Crippen LogP contribution in [0.3, 0.4) is 0 Å². The summed E-state index contributed by atoms with van der Waals surface area (Å²) in [7, 11) is 0. The monoisotopic (exact) mass is 445 g/mol. The van der Waals surface area contributed by atoms with Crippen LogP contribution in [0.4, 0.5) is 10.8 Å². The van der Waals surface area contributed by atoms with Gasteiger partial charge in [0, 0.05) is 35.7 Å². The molecule has 0 bridgehead atoms. The molecule has 0 aliphatic carbocycles. The van der Waals surface area contributed by atoms with Crippen molar-refractivity contribution in [3.63, 3.8) is 0 Å². The number of anilines is 2. The highest BCUT2D eigenvalue weighted by Crippen LogP contribution is 2.32. The maximum absolute atomic E-state index is 13.0. The largest absolute Gasteiger partial charge is 0.326 e. The second-order valence-electron chi connectivity index (χ2n) is 6.11. The van der Waals surface area contributed by atoms with Crippen LogP contribution in [0.5, 0.6) is 0 Å². The Balaban J connectivity index is 1.86. The van der Waals surface area contributed by atoms with Gasteiger partial charge in [0.25, 0.3) is 5.91 Å². The highest BCUT2D eigenvalue weighted by atomic mass is 35.5. The van der Waals surface area contributed by atoms with Gasteiger partial charge >= 0.3 is 0 Å². The standard InChI is InChI=1S/C21H17Cl2N3O2S/c1-3-10-26(20(28)14-4-7-16(8-5-14)24-13(2)27)21-25-19(12-29-21)15-6-9-17(22)18(23)11-15/h3-9,11-12H,1,10H2,2H3,(H,24,27). The molecule has 1 N–H and O–H groups in total. The van der Waals surface area contributed by atoms with Crippen molar-refractivity contribution >= 4 is 57.2 Å². The summed E-state index contributed by atoms with van der Waals surface area (Å²) in [5.74, 6) is -0.385. The Bertz CT molecular complexity index is 1060. The average molecular weight is 446 g/mol. The van der Waals surface area contributed by atoms with Crippen LogP contribution in [-0.4, -0.2) is 23.3 Å². The molecule has 5 nitrogen and oxygen atoms in total. The first-order chi connectivity index (χ1) is 13.9. The second-order valence-corrected chi connectivity index (χ2v) is 7.76. The zero-order valence-corrected chi connectivity index (χ0v) is 17.8. The van der Waals surface area contributed by atoms with Crippen molar-refractivity contribution in [3.05, 3.63) is 76.1 Å². The quantitative estimate of drug-likeness (QED) is 0.479. The van der Waals surface area contributed by atoms with Crippen LogP contribution in [0.25, 0.3) is 11.3 Å². The average Bonchev–Trinajstić information content (AvgIpc) is 3.17. The normalized spacial score (nSPS) is 10.4. The first kappa shape index (κ1) is 21.0. The number of hydrogen-bond acceptors (Lipinski definition) is 4. The van der Waals surface area contributed by atoms with Crippen LogP contribution in [0.15, 0.2) is 60.5 Å². The molecule has 0 spiro atoms. The molecule has 0 saturated heterocycles. The van der Waals surface area contributed by atoms with Crippen molar-refractivity contribution in [2.75, 3.05) is 16.8 Å². The number of amides is 2. The lowest BCUT2D eigenvalue weighted by atomic mass is 10.1. The molecule has 1 heterocycles. The molecule has 0 fully saturated rings. The number of carbonyl (C=O) groups excluding carboxylic acids is 2. The van der Waals surface area contributed by atoms with E-state index in [1.54, 1.807) is 47.4 Å². The van der Waals surface area contributed by atoms with Gasteiger partial charge in [0.05, 0.1) is 15.7 Å². The van der Waals surface area contributed by atoms with Crippen LogP contribution in [-0.2, 0) is 4.79 Å². The van der Waals surface area contributed by atoms with Crippen molar-refractivity contribution in [1.82, 2.24) is 4.98 Å². The molecule has 2 aromatic carbocycles. The van der Waals surface area contributed by atoms with E-state index < -0.39 is 0 Å². The summed E-state index contributed by atoms with van der Waals surface area (Å²) in [5, 5.41) is 5.99. The number of hydrogen-bond donors (Lipinski definition) is 1. The van der Waals surface area contributed by atoms with E-state index in [1.807, 2.05) is 11.4 Å². The summed E-state index contributed by atoms with van der Waals surface area (Å²) >= 11 is 13.4. The predicted molar refractivity (Wildman–Crippen MR) is 120 cm³/mol. The van der Waals surface area contributed by atoms with Crippen molar-refractivity contribution in [2.24, 2.45) is 0 Å². The maximum atomic E-state index is 13.0. The molecule has 0 aliphatic heterocycles. The molecule has 3 rings (SSSR count). The van der Waals surface area contributed by atoms with Gasteiger partial charge in [0.2, 0.25) is 5.91 Å². The Hall–Kier alpha value is -2.67. The summed E-state index contributed by atoms with van der Waals surface area (Å²) in [6.45, 7) is 5.47. The fourth-order valence-electron chi connectivity index (χ4n) is 2.61. The zero-order valence-electron chi connectivity index (χ0n) is 15.5. The topological polar surface area (TPSA) is 62.3 Å². The predicted octanol–water partition coefficient (Wildman–Crippen LogP) is 5.91. The first-order valence-electron chi connectivity index (χ1n) is 8.60. The summed E-state index contributed by atoms with van der Waals surface area (Å²) in [6.07, 6.45) is 1.64. The number of nitrogens with zero attached hydrogens (tertiary/aromatic N) is 2. The number of benzene rings is 2. The molecule has 148 valence electrons. The SMILES string of the molecule is C=CCN(C(=O)c1ccc(NC(C)=O)cc1)c1nc(-c2ccc(Cl)c(Cl)c2)cs1. The van der Waals surface area contributed by atoms with Crippen LogP contribution < -0.4 is 10.2 Å². The molecule has 29 heavy (non-hydrogen) atoms. The van der Waals surface area contributed by atoms with Gasteiger partial charge in [-0.05, 0) is 36.4 Å². The lowest BCUT2D eigenvalue weighted by Gasteiger charge is -2.18.